The van der Waals surface area contributed by atoms with E-state index >= 15 is 0 Å². The van der Waals surface area contributed by atoms with Gasteiger partial charge in [-0.2, -0.15) is 0 Å². The molecule has 0 aliphatic carbocycles. The van der Waals surface area contributed by atoms with Crippen molar-refractivity contribution in [2.45, 2.75) is 57.9 Å². The van der Waals surface area contributed by atoms with Gasteiger partial charge in [0.1, 0.15) is 0 Å². The van der Waals surface area contributed by atoms with E-state index in [9.17, 15) is 0 Å². The van der Waals surface area contributed by atoms with Crippen LogP contribution in [0.15, 0.2) is 0 Å². The Balaban J connectivity index is 0.000000504. The summed E-state index contributed by atoms with van der Waals surface area (Å²) in [6, 6.07) is 0. The van der Waals surface area contributed by atoms with Crippen LogP contribution in [0.1, 0.15) is 0 Å². The fourth-order valence-corrected chi connectivity index (χ4v) is 24.2. The van der Waals surface area contributed by atoms with Gasteiger partial charge in [-0.05, 0) is 0 Å². The van der Waals surface area contributed by atoms with Crippen LogP contribution in [0.3, 0.4) is 0 Å². The van der Waals surface area contributed by atoms with E-state index in [1.54, 1.807) is 0 Å². The predicted octanol–water partition coefficient (Wildman–Crippen LogP) is 2.31. The van der Waals surface area contributed by atoms with Crippen LogP contribution < -0.4 is 0 Å². The molecule has 0 N–H and O–H groups in total. The molecule has 0 radical (unpaired) electrons. The normalized spacial score (nSPS) is 16.3. The molecule has 136 valence electrons. The molecule has 0 aromatic rings. The molecule has 0 bridgehead atoms. The summed E-state index contributed by atoms with van der Waals surface area (Å²) in [4.78, 5) is 0. The zero-order chi connectivity index (χ0) is 19.6. The fraction of sp³-hybridized carbons (Fsp3) is 1.00. The Morgan fingerprint density at radius 1 is 0.480 bits per heavy atom. The Morgan fingerprint density at radius 2 is 0.680 bits per heavy atom. The first-order chi connectivity index (χ1) is 11.5. The SMILES string of the molecule is [CH3][Al]([CH3])[O][Al]([CH3])[O][Al]([CH3])[CH3].[CH3][Al]1[O][Al]([CH3])[O][Al]([CH3])[O][Al]([CH3])[O][Al]([CH3])[O]1. The molecule has 7 nitrogen and oxygen atoms in total. The lowest BCUT2D eigenvalue weighted by Gasteiger charge is -2.25. The van der Waals surface area contributed by atoms with E-state index < -0.39 is 118 Å². The van der Waals surface area contributed by atoms with Crippen molar-refractivity contribution >= 4 is 118 Å². The smallest absolute Gasteiger partial charge is 0.612 e. The highest BCUT2D eigenvalue weighted by Crippen LogP contribution is 2.06. The third-order valence-corrected chi connectivity index (χ3v) is 25.6. The van der Waals surface area contributed by atoms with Crippen molar-refractivity contribution in [3.8, 4) is 0 Å². The summed E-state index contributed by atoms with van der Waals surface area (Å²) in [5, 5.41) is 0. The van der Waals surface area contributed by atoms with Gasteiger partial charge in [0.2, 0.25) is 0 Å². The highest BCUT2D eigenvalue weighted by molar-refractivity contribution is 6.72. The Bertz CT molecular complexity index is 276. The van der Waals surface area contributed by atoms with Gasteiger partial charge in [0.05, 0.1) is 0 Å². The zero-order valence-electron chi connectivity index (χ0n) is 17.5. The first-order valence-electron chi connectivity index (χ1n) is 9.07. The summed E-state index contributed by atoms with van der Waals surface area (Å²) in [7, 11) is 0. The summed E-state index contributed by atoms with van der Waals surface area (Å²) >= 11 is -10.5. The van der Waals surface area contributed by atoms with Crippen molar-refractivity contribution in [1.29, 1.82) is 0 Å². The van der Waals surface area contributed by atoms with Crippen molar-refractivity contribution in [1.82, 2.24) is 0 Å². The standard InChI is InChI=1S/10CH3.8Al.7O/h10*1H3;;;;;;;;;;;;;;;. The maximum Gasteiger partial charge on any atom is 0.612 e. The van der Waals surface area contributed by atoms with Gasteiger partial charge in [-0.15, -0.1) is 0 Å². The third kappa shape index (κ3) is 18.5. The minimum atomic E-state index is -1.53. The molecule has 1 rings (SSSR count). The van der Waals surface area contributed by atoms with E-state index in [1.165, 1.54) is 0 Å². The minimum absolute atomic E-state index is 0.828. The molecule has 1 aliphatic rings. The molecule has 0 aromatic heterocycles. The topological polar surface area (TPSA) is 64.6 Å². The lowest BCUT2D eigenvalue weighted by Crippen LogP contribution is -2.44. The summed E-state index contributed by atoms with van der Waals surface area (Å²) in [6.07, 6.45) is 0. The monoisotopic (exact) mass is 478 g/mol. The first kappa shape index (κ1) is 29.0. The number of rotatable bonds is 4. The molecule has 0 amide bonds. The second kappa shape index (κ2) is 16.6. The highest BCUT2D eigenvalue weighted by Gasteiger charge is 2.38. The van der Waals surface area contributed by atoms with Crippen LogP contribution in [0.5, 0.6) is 0 Å². The largest absolute Gasteiger partial charge is 0.616 e. The van der Waals surface area contributed by atoms with E-state index in [0.29, 0.717) is 0 Å². The van der Waals surface area contributed by atoms with Crippen LogP contribution in [-0.2, 0) is 19.9 Å². The lowest BCUT2D eigenvalue weighted by molar-refractivity contribution is 0.295. The molecular formula is C10H30Al8O7. The van der Waals surface area contributed by atoms with Gasteiger partial charge in [0, 0.05) is 0 Å². The fourth-order valence-electron chi connectivity index (χ4n) is 2.31. The van der Waals surface area contributed by atoms with E-state index in [2.05, 4.69) is 28.9 Å². The van der Waals surface area contributed by atoms with Gasteiger partial charge in [0.15, 0.2) is 0 Å². The Kier molecular flexibility index (Phi) is 19.3. The number of hydrogen-bond acceptors (Lipinski definition) is 7. The summed E-state index contributed by atoms with van der Waals surface area (Å²) < 4.78 is 40.1. The van der Waals surface area contributed by atoms with Crippen molar-refractivity contribution in [3.05, 3.63) is 0 Å². The summed E-state index contributed by atoms with van der Waals surface area (Å²) in [5.74, 6) is 21.1. The number of hydrogen-bond donors (Lipinski definition) is 0. The third-order valence-electron chi connectivity index (χ3n) is 2.84. The molecule has 25 heavy (non-hydrogen) atoms. The molecule has 1 aliphatic heterocycles. The van der Waals surface area contributed by atoms with Gasteiger partial charge in [-0.3, -0.25) is 0 Å². The maximum absolute atomic E-state index is 5.76. The molecule has 1 heterocycles. The average molecular weight is 478 g/mol. The molecule has 0 aromatic carbocycles. The Hall–Kier alpha value is 3.98. The second-order valence-electron chi connectivity index (χ2n) is 6.46. The van der Waals surface area contributed by atoms with Crippen molar-refractivity contribution in [2.24, 2.45) is 0 Å². The second-order valence-corrected chi connectivity index (χ2v) is 25.1. The molecule has 0 saturated carbocycles. The van der Waals surface area contributed by atoms with Crippen LogP contribution in [0.4, 0.5) is 0 Å². The highest BCUT2D eigenvalue weighted by atomic mass is 27.4. The average Bonchev–Trinajstić information content (AvgIpc) is 2.34. The van der Waals surface area contributed by atoms with E-state index in [-0.39, 0.29) is 0 Å². The van der Waals surface area contributed by atoms with E-state index in [0.717, 1.165) is 0 Å². The Labute approximate surface area is 193 Å². The van der Waals surface area contributed by atoms with Crippen LogP contribution >= 0.6 is 0 Å². The molecule has 1 fully saturated rings. The quantitative estimate of drug-likeness (QED) is 0.575. The van der Waals surface area contributed by atoms with Crippen molar-refractivity contribution < 1.29 is 19.9 Å². The molecule has 0 atom stereocenters. The lowest BCUT2D eigenvalue weighted by atomic mass is 11.9. The van der Waals surface area contributed by atoms with Crippen LogP contribution in [0, 0.1) is 0 Å². The predicted molar refractivity (Wildman–Crippen MR) is 112 cm³/mol. The van der Waals surface area contributed by atoms with Crippen LogP contribution in [0.25, 0.3) is 0 Å². The van der Waals surface area contributed by atoms with Crippen LogP contribution in [-0.4, -0.2) is 118 Å². The molecule has 0 spiro atoms. The molecule has 0 unspecified atom stereocenters. The van der Waals surface area contributed by atoms with E-state index in [4.69, 9.17) is 19.9 Å². The van der Waals surface area contributed by atoms with Gasteiger partial charge in [-0.1, -0.05) is 57.9 Å². The molecular weight excluding hydrogens is 448 g/mol. The van der Waals surface area contributed by atoms with Gasteiger partial charge < -0.3 is 19.9 Å². The van der Waals surface area contributed by atoms with Gasteiger partial charge in [-0.25, -0.2) is 0 Å². The first-order valence-corrected chi connectivity index (χ1v) is 27.2. The maximum atomic E-state index is 5.76. The summed E-state index contributed by atoms with van der Waals surface area (Å²) in [6.45, 7) is 0. The van der Waals surface area contributed by atoms with Crippen molar-refractivity contribution in [2.75, 3.05) is 0 Å². The minimum Gasteiger partial charge on any atom is -0.616 e. The zero-order valence-corrected chi connectivity index (χ0v) is 26.7. The summed E-state index contributed by atoms with van der Waals surface area (Å²) in [5.41, 5.74) is 0. The van der Waals surface area contributed by atoms with Crippen LogP contribution in [0.2, 0.25) is 57.9 Å². The van der Waals surface area contributed by atoms with E-state index in [1.807, 2.05) is 28.9 Å². The van der Waals surface area contributed by atoms with Crippen molar-refractivity contribution in [3.63, 3.8) is 0 Å². The molecule has 1 saturated heterocycles. The van der Waals surface area contributed by atoms with Gasteiger partial charge >= 0.3 is 118 Å². The van der Waals surface area contributed by atoms with Gasteiger partial charge in [0.25, 0.3) is 0 Å². The Morgan fingerprint density at radius 3 is 0.840 bits per heavy atom. The molecule has 15 heteroatoms.